The van der Waals surface area contributed by atoms with Gasteiger partial charge in [-0.1, -0.05) is 35.7 Å². The first-order valence-corrected chi connectivity index (χ1v) is 10.00. The zero-order valence-corrected chi connectivity index (χ0v) is 16.7. The Morgan fingerprint density at radius 2 is 2.04 bits per heavy atom. The van der Waals surface area contributed by atoms with E-state index in [0.717, 1.165) is 12.8 Å². The Morgan fingerprint density at radius 3 is 2.72 bits per heavy atom. The summed E-state index contributed by atoms with van der Waals surface area (Å²) in [7, 11) is -3.78. The maximum Gasteiger partial charge on any atom is 0.244 e. The lowest BCUT2D eigenvalue weighted by Gasteiger charge is -2.35. The number of nitrogens with one attached hydrogen (secondary N) is 1. The molecule has 0 aromatic heterocycles. The number of rotatable bonds is 6. The van der Waals surface area contributed by atoms with Crippen molar-refractivity contribution < 1.29 is 13.2 Å². The van der Waals surface area contributed by atoms with Gasteiger partial charge in [0.1, 0.15) is 4.90 Å². The highest BCUT2D eigenvalue weighted by Crippen LogP contribution is 2.33. The monoisotopic (exact) mass is 429 g/mol. The molecular formula is C15H22Cl3N3O3S. The number of carbonyl (C=O) groups is 1. The zero-order chi connectivity index (χ0) is 17.7. The summed E-state index contributed by atoms with van der Waals surface area (Å²) < 4.78 is 27.4. The maximum absolute atomic E-state index is 13.0. The topological polar surface area (TPSA) is 92.5 Å². The second-order valence-corrected chi connectivity index (χ2v) is 8.30. The maximum atomic E-state index is 13.0. The second kappa shape index (κ2) is 9.94. The summed E-state index contributed by atoms with van der Waals surface area (Å²) in [6.07, 6.45) is 2.58. The van der Waals surface area contributed by atoms with Crippen LogP contribution in [-0.2, 0) is 14.8 Å². The van der Waals surface area contributed by atoms with Crippen molar-refractivity contribution in [3.8, 4) is 0 Å². The van der Waals surface area contributed by atoms with Gasteiger partial charge in [0.05, 0.1) is 10.0 Å². The van der Waals surface area contributed by atoms with E-state index in [2.05, 4.69) is 5.32 Å². The average Bonchev–Trinajstić information content (AvgIpc) is 2.56. The van der Waals surface area contributed by atoms with Gasteiger partial charge in [-0.3, -0.25) is 4.79 Å². The Morgan fingerprint density at radius 1 is 1.32 bits per heavy atom. The van der Waals surface area contributed by atoms with E-state index in [1.54, 1.807) is 12.1 Å². The number of nitrogens with two attached hydrogens (primary N) is 1. The number of hydrogen-bond acceptors (Lipinski definition) is 4. The number of sulfonamides is 1. The lowest BCUT2D eigenvalue weighted by molar-refractivity contribution is -0.121. The van der Waals surface area contributed by atoms with Crippen LogP contribution in [0, 0.1) is 0 Å². The van der Waals surface area contributed by atoms with Gasteiger partial charge in [0.25, 0.3) is 0 Å². The summed E-state index contributed by atoms with van der Waals surface area (Å²) in [5, 5.41) is 2.97. The number of benzene rings is 1. The number of halogens is 3. The lowest BCUT2D eigenvalue weighted by atomic mass is 10.1. The summed E-state index contributed by atoms with van der Waals surface area (Å²) in [5.74, 6) is -0.179. The molecule has 1 atom stereocenters. The van der Waals surface area contributed by atoms with Crippen LogP contribution in [0.3, 0.4) is 0 Å². The molecule has 1 aromatic carbocycles. The lowest BCUT2D eigenvalue weighted by Crippen LogP contribution is -2.49. The molecule has 0 radical (unpaired) electrons. The van der Waals surface area contributed by atoms with E-state index in [1.165, 1.54) is 10.4 Å². The minimum Gasteiger partial charge on any atom is -0.354 e. The SMILES string of the molecule is Cl.NCCC(=O)NCC1CCCCN1S(=O)(=O)c1cccc(Cl)c1Cl. The smallest absolute Gasteiger partial charge is 0.244 e. The van der Waals surface area contributed by atoms with E-state index in [1.807, 2.05) is 0 Å². The molecule has 0 aliphatic carbocycles. The fourth-order valence-corrected chi connectivity index (χ4v) is 5.19. The van der Waals surface area contributed by atoms with Crippen molar-refractivity contribution in [3.05, 3.63) is 28.2 Å². The highest BCUT2D eigenvalue weighted by atomic mass is 35.5. The standard InChI is InChI=1S/C15H21Cl2N3O3S.ClH/c16-12-5-3-6-13(15(12)17)24(22,23)20-9-2-1-4-11(20)10-19-14(21)7-8-18;/h3,5-6,11H,1-2,4,7-10,18H2,(H,19,21);1H. The molecule has 1 fully saturated rings. The van der Waals surface area contributed by atoms with Crippen molar-refractivity contribution in [2.24, 2.45) is 5.73 Å². The summed E-state index contributed by atoms with van der Waals surface area (Å²) in [6, 6.07) is 4.25. The number of nitrogens with zero attached hydrogens (tertiary/aromatic N) is 1. The van der Waals surface area contributed by atoms with E-state index in [-0.39, 0.29) is 58.8 Å². The Hall–Kier alpha value is -0.570. The molecule has 1 saturated heterocycles. The first kappa shape index (κ1) is 22.5. The average molecular weight is 431 g/mol. The highest BCUT2D eigenvalue weighted by molar-refractivity contribution is 7.89. The molecule has 1 aliphatic heterocycles. The van der Waals surface area contributed by atoms with E-state index in [4.69, 9.17) is 28.9 Å². The minimum absolute atomic E-state index is 0. The minimum atomic E-state index is -3.78. The van der Waals surface area contributed by atoms with Gasteiger partial charge >= 0.3 is 0 Å². The molecule has 10 heteroatoms. The molecule has 0 spiro atoms. The quantitative estimate of drug-likeness (QED) is 0.725. The Bertz CT molecular complexity index is 701. The molecule has 1 amide bonds. The molecule has 6 nitrogen and oxygen atoms in total. The Labute approximate surface area is 164 Å². The van der Waals surface area contributed by atoms with Crippen molar-refractivity contribution in [1.82, 2.24) is 9.62 Å². The number of hydrogen-bond donors (Lipinski definition) is 2. The normalized spacial score (nSPS) is 18.4. The van der Waals surface area contributed by atoms with Crippen LogP contribution in [0.2, 0.25) is 10.0 Å². The third-order valence-electron chi connectivity index (χ3n) is 3.98. The number of amides is 1. The van der Waals surface area contributed by atoms with Gasteiger partial charge in [0.15, 0.2) is 0 Å². The Kier molecular flexibility index (Phi) is 8.94. The van der Waals surface area contributed by atoms with Crippen molar-refractivity contribution in [2.75, 3.05) is 19.6 Å². The van der Waals surface area contributed by atoms with Crippen LogP contribution in [0.15, 0.2) is 23.1 Å². The summed E-state index contributed by atoms with van der Waals surface area (Å²) in [6.45, 7) is 0.912. The molecule has 0 saturated carbocycles. The summed E-state index contributed by atoms with van der Waals surface area (Å²) in [5.41, 5.74) is 5.35. The van der Waals surface area contributed by atoms with Gasteiger partial charge in [-0.2, -0.15) is 4.31 Å². The third-order valence-corrected chi connectivity index (χ3v) is 6.91. The fraction of sp³-hybridized carbons (Fsp3) is 0.533. The zero-order valence-electron chi connectivity index (χ0n) is 13.6. The van der Waals surface area contributed by atoms with Crippen LogP contribution in [0.5, 0.6) is 0 Å². The number of piperidine rings is 1. The van der Waals surface area contributed by atoms with Crippen molar-refractivity contribution in [2.45, 2.75) is 36.6 Å². The van der Waals surface area contributed by atoms with Gasteiger partial charge in [-0.25, -0.2) is 8.42 Å². The van der Waals surface area contributed by atoms with Crippen LogP contribution in [0.4, 0.5) is 0 Å². The number of carbonyl (C=O) groups excluding carboxylic acids is 1. The van der Waals surface area contributed by atoms with Crippen LogP contribution in [-0.4, -0.2) is 44.3 Å². The molecule has 2 rings (SSSR count). The van der Waals surface area contributed by atoms with Crippen LogP contribution in [0.25, 0.3) is 0 Å². The second-order valence-electron chi connectivity index (χ2n) is 5.66. The molecule has 1 aromatic rings. The van der Waals surface area contributed by atoms with Gasteiger partial charge < -0.3 is 11.1 Å². The van der Waals surface area contributed by atoms with E-state index in [9.17, 15) is 13.2 Å². The van der Waals surface area contributed by atoms with Gasteiger partial charge in [-0.05, 0) is 25.0 Å². The van der Waals surface area contributed by atoms with Crippen LogP contribution in [0.1, 0.15) is 25.7 Å². The summed E-state index contributed by atoms with van der Waals surface area (Å²) >= 11 is 12.0. The van der Waals surface area contributed by atoms with E-state index >= 15 is 0 Å². The molecule has 3 N–H and O–H groups in total. The third kappa shape index (κ3) is 5.45. The molecule has 1 heterocycles. The van der Waals surface area contributed by atoms with Gasteiger partial charge in [0, 0.05) is 32.1 Å². The highest BCUT2D eigenvalue weighted by Gasteiger charge is 2.35. The predicted molar refractivity (Wildman–Crippen MR) is 102 cm³/mol. The van der Waals surface area contributed by atoms with E-state index < -0.39 is 10.0 Å². The van der Waals surface area contributed by atoms with Crippen LogP contribution >= 0.6 is 35.6 Å². The largest absolute Gasteiger partial charge is 0.354 e. The Balaban J connectivity index is 0.00000312. The molecule has 142 valence electrons. The first-order chi connectivity index (χ1) is 11.4. The molecule has 25 heavy (non-hydrogen) atoms. The van der Waals surface area contributed by atoms with Gasteiger partial charge in [0.2, 0.25) is 15.9 Å². The molecule has 1 aliphatic rings. The molecule has 1 unspecified atom stereocenters. The summed E-state index contributed by atoms with van der Waals surface area (Å²) in [4.78, 5) is 11.6. The van der Waals surface area contributed by atoms with E-state index in [0.29, 0.717) is 13.0 Å². The van der Waals surface area contributed by atoms with Crippen molar-refractivity contribution in [1.29, 1.82) is 0 Å². The molecular weight excluding hydrogens is 409 g/mol. The molecule has 0 bridgehead atoms. The predicted octanol–water partition coefficient (Wildman–Crippen LogP) is 2.42. The van der Waals surface area contributed by atoms with Crippen LogP contribution < -0.4 is 11.1 Å². The fourth-order valence-electron chi connectivity index (χ4n) is 2.76. The first-order valence-electron chi connectivity index (χ1n) is 7.80. The van der Waals surface area contributed by atoms with Crippen molar-refractivity contribution in [3.63, 3.8) is 0 Å². The van der Waals surface area contributed by atoms with Gasteiger partial charge in [-0.15, -0.1) is 12.4 Å². The van der Waals surface area contributed by atoms with Crippen molar-refractivity contribution >= 4 is 51.5 Å².